The van der Waals surface area contributed by atoms with Gasteiger partial charge in [-0.25, -0.2) is 8.78 Å². The van der Waals surface area contributed by atoms with Crippen molar-refractivity contribution in [3.8, 4) is 28.2 Å². The first-order valence-corrected chi connectivity index (χ1v) is 13.3. The third-order valence-electron chi connectivity index (χ3n) is 7.80. The maximum atomic E-state index is 15.8. The summed E-state index contributed by atoms with van der Waals surface area (Å²) in [4.78, 5) is 28.6. The van der Waals surface area contributed by atoms with Crippen LogP contribution in [0, 0.1) is 11.6 Å². The molecule has 2 aromatic carbocycles. The van der Waals surface area contributed by atoms with E-state index in [2.05, 4.69) is 9.89 Å². The van der Waals surface area contributed by atoms with Gasteiger partial charge in [-0.15, -0.1) is 0 Å². The molecule has 0 spiro atoms. The normalized spacial score (nSPS) is 19.5. The minimum absolute atomic E-state index is 0.0429. The van der Waals surface area contributed by atoms with Crippen LogP contribution in [0.15, 0.2) is 64.2 Å². The molecule has 4 aromatic rings. The number of ether oxygens (including phenoxy) is 4. The first-order chi connectivity index (χ1) is 20.9. The molecule has 0 saturated carbocycles. The summed E-state index contributed by atoms with van der Waals surface area (Å²) in [6.45, 7) is -1.71. The van der Waals surface area contributed by atoms with Crippen molar-refractivity contribution in [2.24, 2.45) is 0 Å². The van der Waals surface area contributed by atoms with Gasteiger partial charge in [0, 0.05) is 37.0 Å². The molecular formula is C29H24F2N4O8. The number of hydrogen-bond acceptors (Lipinski definition) is 10. The van der Waals surface area contributed by atoms with Crippen molar-refractivity contribution in [1.29, 1.82) is 0 Å². The van der Waals surface area contributed by atoms with Crippen molar-refractivity contribution in [2.45, 2.75) is 18.7 Å². The second-order valence-corrected chi connectivity index (χ2v) is 9.99. The highest BCUT2D eigenvalue weighted by atomic mass is 19.2. The Morgan fingerprint density at radius 2 is 1.95 bits per heavy atom. The van der Waals surface area contributed by atoms with Crippen LogP contribution in [0.25, 0.3) is 22.5 Å². The maximum Gasteiger partial charge on any atom is 0.278 e. The Morgan fingerprint density at radius 3 is 2.79 bits per heavy atom. The highest BCUT2D eigenvalue weighted by molar-refractivity contribution is 5.97. The molecule has 1 N–H and O–H groups in total. The molecule has 14 heteroatoms. The number of carbonyl (C=O) groups excluding carboxylic acids is 1. The number of amides is 1. The molecule has 1 aliphatic carbocycles. The van der Waals surface area contributed by atoms with Gasteiger partial charge in [-0.05, 0) is 17.2 Å². The number of aromatic nitrogens is 2. The summed E-state index contributed by atoms with van der Waals surface area (Å²) in [5.41, 5.74) is 1.09. The first kappa shape index (κ1) is 27.2. The number of nitrogens with zero attached hydrogens (tertiary/aromatic N) is 4. The van der Waals surface area contributed by atoms with Crippen LogP contribution < -0.4 is 15.2 Å². The summed E-state index contributed by atoms with van der Waals surface area (Å²) in [5, 5.41) is 15.3. The quantitative estimate of drug-likeness (QED) is 0.333. The minimum Gasteiger partial charge on any atom is -0.461 e. The summed E-state index contributed by atoms with van der Waals surface area (Å²) >= 11 is 0. The number of fused-ring (bicyclic) bond motifs is 7. The molecule has 43 heavy (non-hydrogen) atoms. The van der Waals surface area contributed by atoms with Crippen LogP contribution in [-0.4, -0.2) is 72.0 Å². The number of aliphatic hydroxyl groups is 1. The Labute approximate surface area is 242 Å². The number of rotatable bonds is 6. The number of halogens is 2. The zero-order valence-corrected chi connectivity index (χ0v) is 22.6. The number of aliphatic hydroxyl groups excluding tert-OH is 1. The molecule has 1 amide bonds. The van der Waals surface area contributed by atoms with Crippen LogP contribution in [0.1, 0.15) is 27.7 Å². The van der Waals surface area contributed by atoms with Gasteiger partial charge in [0.15, 0.2) is 29.9 Å². The predicted molar refractivity (Wildman–Crippen MR) is 143 cm³/mol. The van der Waals surface area contributed by atoms with Crippen LogP contribution >= 0.6 is 0 Å². The number of hydrogen-bond donors (Lipinski definition) is 1. The lowest BCUT2D eigenvalue weighted by molar-refractivity contribution is -0.270. The molecule has 0 radical (unpaired) electrons. The lowest BCUT2D eigenvalue weighted by Gasteiger charge is -2.51. The smallest absolute Gasteiger partial charge is 0.278 e. The van der Waals surface area contributed by atoms with Crippen LogP contribution in [-0.2, 0) is 14.2 Å². The third kappa shape index (κ3) is 4.21. The van der Waals surface area contributed by atoms with Gasteiger partial charge in [0.25, 0.3) is 12.4 Å². The largest absolute Gasteiger partial charge is 0.461 e. The highest BCUT2D eigenvalue weighted by Crippen LogP contribution is 2.49. The van der Waals surface area contributed by atoms with E-state index in [0.717, 1.165) is 6.07 Å². The lowest BCUT2D eigenvalue weighted by Crippen LogP contribution is -2.66. The average Bonchev–Trinajstić information content (AvgIpc) is 3.47. The monoisotopic (exact) mass is 594 g/mol. The lowest BCUT2D eigenvalue weighted by atomic mass is 9.92. The Bertz CT molecular complexity index is 1790. The number of pyridine rings is 1. The van der Waals surface area contributed by atoms with E-state index in [-0.39, 0.29) is 48.1 Å². The van der Waals surface area contributed by atoms with Crippen molar-refractivity contribution in [3.63, 3.8) is 0 Å². The van der Waals surface area contributed by atoms with E-state index in [0.29, 0.717) is 16.7 Å². The van der Waals surface area contributed by atoms with Gasteiger partial charge in [-0.1, -0.05) is 35.5 Å². The maximum absolute atomic E-state index is 15.8. The van der Waals surface area contributed by atoms with Crippen LogP contribution in [0.2, 0.25) is 0 Å². The van der Waals surface area contributed by atoms with Crippen LogP contribution in [0.5, 0.6) is 5.75 Å². The molecular weight excluding hydrogens is 570 g/mol. The molecule has 2 aromatic heterocycles. The van der Waals surface area contributed by atoms with Crippen molar-refractivity contribution < 1.29 is 42.2 Å². The molecule has 1 fully saturated rings. The Morgan fingerprint density at radius 1 is 1.12 bits per heavy atom. The first-order valence-electron chi connectivity index (χ1n) is 13.3. The number of carbonyl (C=O) groups is 1. The molecule has 3 aliphatic rings. The van der Waals surface area contributed by atoms with Crippen molar-refractivity contribution in [3.05, 3.63) is 93.5 Å². The molecule has 3 unspecified atom stereocenters. The molecule has 222 valence electrons. The van der Waals surface area contributed by atoms with Gasteiger partial charge in [0.1, 0.15) is 6.17 Å². The topological polar surface area (TPSA) is 129 Å². The van der Waals surface area contributed by atoms with E-state index in [1.165, 1.54) is 36.3 Å². The number of benzene rings is 2. The standard InChI is InChI=1S/C29H24F2N4O8/c1-39-29(38)42-14-41-27-20(36)8-9-34-25(27)28(37)33-10-11-40-13-21(33)35(34)24-15-4-2-3-5-16(15)26-18(12-32-43-26)22-17(24)6-7-19(30)23(22)31/h2-9,12,21,24,29,38H,10-11,13-14H2,1H3. The van der Waals surface area contributed by atoms with Gasteiger partial charge < -0.3 is 28.7 Å². The second-order valence-electron chi connectivity index (χ2n) is 9.99. The summed E-state index contributed by atoms with van der Waals surface area (Å²) in [7, 11) is 1.21. The van der Waals surface area contributed by atoms with E-state index in [9.17, 15) is 19.1 Å². The molecule has 1 saturated heterocycles. The van der Waals surface area contributed by atoms with Crippen molar-refractivity contribution in [2.75, 3.05) is 38.7 Å². The van der Waals surface area contributed by atoms with Gasteiger partial charge >= 0.3 is 0 Å². The van der Waals surface area contributed by atoms with Gasteiger partial charge in [0.2, 0.25) is 11.2 Å². The Kier molecular flexibility index (Phi) is 6.69. The summed E-state index contributed by atoms with van der Waals surface area (Å²) in [6.07, 6.45) is 2.04. The summed E-state index contributed by atoms with van der Waals surface area (Å²) in [5.74, 6) is -2.71. The highest BCUT2D eigenvalue weighted by Gasteiger charge is 2.47. The summed E-state index contributed by atoms with van der Waals surface area (Å²) < 4.78 is 58.7. The predicted octanol–water partition coefficient (Wildman–Crippen LogP) is 2.58. The zero-order valence-electron chi connectivity index (χ0n) is 22.6. The number of methoxy groups -OCH3 is 1. The van der Waals surface area contributed by atoms with Crippen LogP contribution in [0.3, 0.4) is 0 Å². The second kappa shape index (κ2) is 10.6. The molecule has 3 atom stereocenters. The van der Waals surface area contributed by atoms with Crippen molar-refractivity contribution in [1.82, 2.24) is 14.7 Å². The van der Waals surface area contributed by atoms with E-state index in [4.69, 9.17) is 18.7 Å². The SMILES string of the molecule is COC(O)OCOc1c2n(ccc1=O)N(C1c3ccccc3-c3oncc3-c3c1ccc(F)c3F)C1COCCN1C2=O. The molecule has 2 aliphatic heterocycles. The van der Waals surface area contributed by atoms with Gasteiger partial charge in [0.05, 0.1) is 31.0 Å². The average molecular weight is 595 g/mol. The van der Waals surface area contributed by atoms with E-state index < -0.39 is 48.4 Å². The molecule has 12 nitrogen and oxygen atoms in total. The number of morpholine rings is 1. The fourth-order valence-electron chi connectivity index (χ4n) is 5.95. The molecule has 7 rings (SSSR count). The van der Waals surface area contributed by atoms with E-state index in [1.54, 1.807) is 28.1 Å². The van der Waals surface area contributed by atoms with Gasteiger partial charge in [-0.3, -0.25) is 24.0 Å². The molecule has 4 heterocycles. The van der Waals surface area contributed by atoms with Crippen molar-refractivity contribution >= 4 is 5.91 Å². The third-order valence-corrected chi connectivity index (χ3v) is 7.80. The Balaban J connectivity index is 1.49. The van der Waals surface area contributed by atoms with Gasteiger partial charge in [-0.2, -0.15) is 0 Å². The molecule has 0 bridgehead atoms. The summed E-state index contributed by atoms with van der Waals surface area (Å²) in [6, 6.07) is 10.1. The zero-order chi connectivity index (χ0) is 29.8. The minimum atomic E-state index is -1.62. The fourth-order valence-corrected chi connectivity index (χ4v) is 5.95. The fraction of sp³-hybridized carbons (Fsp3) is 0.276. The van der Waals surface area contributed by atoms with Crippen LogP contribution in [0.4, 0.5) is 8.78 Å². The van der Waals surface area contributed by atoms with E-state index >= 15 is 4.39 Å². The Hall–Kier alpha value is -4.63. The van der Waals surface area contributed by atoms with E-state index in [1.807, 2.05) is 6.07 Å².